The van der Waals surface area contributed by atoms with Crippen LogP contribution in [0, 0.1) is 13.8 Å². The van der Waals surface area contributed by atoms with Gasteiger partial charge in [-0.1, -0.05) is 12.1 Å². The Bertz CT molecular complexity index is 1010. The second-order valence-corrected chi connectivity index (χ2v) is 6.30. The average Bonchev–Trinajstić information content (AvgIpc) is 3.09. The van der Waals surface area contributed by atoms with Crippen molar-refractivity contribution in [2.75, 3.05) is 21.3 Å². The first-order valence-corrected chi connectivity index (χ1v) is 8.60. The van der Waals surface area contributed by atoms with Gasteiger partial charge in [-0.2, -0.15) is 0 Å². The lowest BCUT2D eigenvalue weighted by Crippen LogP contribution is -2.06. The van der Waals surface area contributed by atoms with Crippen LogP contribution in [-0.2, 0) is 0 Å². The van der Waals surface area contributed by atoms with E-state index < -0.39 is 0 Å². The highest BCUT2D eigenvalue weighted by Gasteiger charge is 2.22. The van der Waals surface area contributed by atoms with Crippen LogP contribution in [0.3, 0.4) is 0 Å². The minimum absolute atomic E-state index is 0.170. The molecule has 2 N–H and O–H groups in total. The Hall–Kier alpha value is -3.48. The number of aryl methyl sites for hydroxylation is 2. The van der Waals surface area contributed by atoms with Crippen LogP contribution in [0.1, 0.15) is 27.3 Å². The van der Waals surface area contributed by atoms with Crippen LogP contribution in [0.2, 0.25) is 0 Å². The molecule has 7 nitrogen and oxygen atoms in total. The van der Waals surface area contributed by atoms with Crippen molar-refractivity contribution in [2.24, 2.45) is 0 Å². The van der Waals surface area contributed by atoms with Gasteiger partial charge < -0.3 is 24.3 Å². The van der Waals surface area contributed by atoms with Crippen LogP contribution in [0.4, 0.5) is 0 Å². The van der Waals surface area contributed by atoms with E-state index in [0.29, 0.717) is 39.9 Å². The van der Waals surface area contributed by atoms with Gasteiger partial charge in [0.2, 0.25) is 11.5 Å². The first-order valence-electron chi connectivity index (χ1n) is 8.60. The zero-order valence-corrected chi connectivity index (χ0v) is 16.4. The first-order chi connectivity index (χ1) is 13.4. The van der Waals surface area contributed by atoms with E-state index >= 15 is 0 Å². The van der Waals surface area contributed by atoms with E-state index in [0.717, 1.165) is 5.56 Å². The molecule has 3 rings (SSSR count). The van der Waals surface area contributed by atoms with Crippen LogP contribution >= 0.6 is 0 Å². The molecule has 28 heavy (non-hydrogen) atoms. The molecular formula is C21H22N2O5. The number of hydrogen-bond acceptors (Lipinski definition) is 6. The number of aromatic nitrogens is 2. The monoisotopic (exact) mass is 382 g/mol. The molecule has 0 atom stereocenters. The number of ether oxygens (including phenoxy) is 3. The maximum absolute atomic E-state index is 13.1. The van der Waals surface area contributed by atoms with Crippen molar-refractivity contribution in [3.05, 3.63) is 52.8 Å². The number of benzene rings is 2. The van der Waals surface area contributed by atoms with E-state index in [9.17, 15) is 9.90 Å². The minimum atomic E-state index is -0.282. The van der Waals surface area contributed by atoms with Gasteiger partial charge in [0, 0.05) is 16.8 Å². The van der Waals surface area contributed by atoms with Gasteiger partial charge in [0.15, 0.2) is 11.5 Å². The summed E-state index contributed by atoms with van der Waals surface area (Å²) in [5.41, 5.74) is 2.72. The summed E-state index contributed by atoms with van der Waals surface area (Å²) < 4.78 is 15.9. The highest BCUT2D eigenvalue weighted by Crippen LogP contribution is 2.39. The topological polar surface area (TPSA) is 93.7 Å². The molecule has 0 aliphatic rings. The van der Waals surface area contributed by atoms with Gasteiger partial charge in [-0.25, -0.2) is 4.98 Å². The maximum Gasteiger partial charge on any atom is 0.213 e. The normalized spacial score (nSPS) is 10.6. The van der Waals surface area contributed by atoms with E-state index in [1.165, 1.54) is 21.3 Å². The molecule has 1 heterocycles. The molecular weight excluding hydrogens is 360 g/mol. The number of nitrogens with one attached hydrogen (secondary N) is 1. The molecule has 0 saturated heterocycles. The molecule has 0 unspecified atom stereocenters. The van der Waals surface area contributed by atoms with Gasteiger partial charge in [0.1, 0.15) is 17.3 Å². The third kappa shape index (κ3) is 3.38. The molecule has 0 amide bonds. The van der Waals surface area contributed by atoms with Gasteiger partial charge in [-0.3, -0.25) is 4.79 Å². The van der Waals surface area contributed by atoms with Crippen molar-refractivity contribution in [1.29, 1.82) is 0 Å². The maximum atomic E-state index is 13.1. The van der Waals surface area contributed by atoms with E-state index in [-0.39, 0.29) is 17.2 Å². The summed E-state index contributed by atoms with van der Waals surface area (Å²) in [6, 6.07) is 8.43. The predicted octanol–water partition coefficient (Wildman–Crippen LogP) is 3.66. The van der Waals surface area contributed by atoms with Crippen molar-refractivity contribution >= 4 is 5.78 Å². The smallest absolute Gasteiger partial charge is 0.213 e. The Kier molecular flexibility index (Phi) is 5.26. The number of rotatable bonds is 6. The van der Waals surface area contributed by atoms with Crippen molar-refractivity contribution in [3.63, 3.8) is 0 Å². The van der Waals surface area contributed by atoms with E-state index in [1.54, 1.807) is 31.2 Å². The highest BCUT2D eigenvalue weighted by atomic mass is 16.5. The van der Waals surface area contributed by atoms with Gasteiger partial charge in [0.05, 0.1) is 21.3 Å². The Morgan fingerprint density at radius 3 is 2.18 bits per heavy atom. The molecule has 146 valence electrons. The standard InChI is InChI=1S/C21H22N2O5/c1-11-6-7-13(8-15(11)24)21-22-12(2)18(23-21)19(25)14-9-16(26-3)20(28-5)17(10-14)27-4/h6-10,24H,1-5H3,(H,22,23). The lowest BCUT2D eigenvalue weighted by atomic mass is 10.1. The number of phenolic OH excluding ortho intramolecular Hbond substituents is 1. The molecule has 0 radical (unpaired) electrons. The molecule has 2 aromatic carbocycles. The van der Waals surface area contributed by atoms with E-state index in [4.69, 9.17) is 14.2 Å². The summed E-state index contributed by atoms with van der Waals surface area (Å²) in [5.74, 6) is 1.59. The predicted molar refractivity (Wildman–Crippen MR) is 105 cm³/mol. The lowest BCUT2D eigenvalue weighted by Gasteiger charge is -2.13. The van der Waals surface area contributed by atoms with E-state index in [2.05, 4.69) is 9.97 Å². The Labute approximate surface area is 162 Å². The number of carbonyl (C=O) groups is 1. The summed E-state index contributed by atoms with van der Waals surface area (Å²) in [6.07, 6.45) is 0. The fourth-order valence-corrected chi connectivity index (χ4v) is 2.92. The Balaban J connectivity index is 2.04. The summed E-state index contributed by atoms with van der Waals surface area (Å²) in [7, 11) is 4.49. The summed E-state index contributed by atoms with van der Waals surface area (Å²) >= 11 is 0. The number of methoxy groups -OCH3 is 3. The average molecular weight is 382 g/mol. The number of H-pyrrole nitrogens is 1. The molecule has 0 bridgehead atoms. The molecule has 0 fully saturated rings. The second-order valence-electron chi connectivity index (χ2n) is 6.30. The number of nitrogens with zero attached hydrogens (tertiary/aromatic N) is 1. The van der Waals surface area contributed by atoms with Crippen molar-refractivity contribution in [2.45, 2.75) is 13.8 Å². The van der Waals surface area contributed by atoms with Crippen molar-refractivity contribution < 1.29 is 24.1 Å². The number of aromatic hydroxyl groups is 1. The lowest BCUT2D eigenvalue weighted by molar-refractivity contribution is 0.103. The van der Waals surface area contributed by atoms with Crippen LogP contribution in [0.5, 0.6) is 23.0 Å². The SMILES string of the molecule is COc1cc(C(=O)c2nc(-c3ccc(C)c(O)c3)[nH]c2C)cc(OC)c1OC. The quantitative estimate of drug-likeness (QED) is 0.632. The fourth-order valence-electron chi connectivity index (χ4n) is 2.92. The molecule has 7 heteroatoms. The number of carbonyl (C=O) groups excluding carboxylic acids is 1. The summed E-state index contributed by atoms with van der Waals surface area (Å²) in [6.45, 7) is 3.58. The van der Waals surface area contributed by atoms with Crippen LogP contribution in [0.25, 0.3) is 11.4 Å². The van der Waals surface area contributed by atoms with Gasteiger partial charge in [0.25, 0.3) is 0 Å². The zero-order chi connectivity index (χ0) is 20.4. The van der Waals surface area contributed by atoms with Crippen molar-refractivity contribution in [1.82, 2.24) is 9.97 Å². The van der Waals surface area contributed by atoms with Crippen LogP contribution in [-0.4, -0.2) is 42.2 Å². The zero-order valence-electron chi connectivity index (χ0n) is 16.4. The molecule has 0 spiro atoms. The fraction of sp³-hybridized carbons (Fsp3) is 0.238. The molecule has 1 aromatic heterocycles. The molecule has 0 saturated carbocycles. The summed E-state index contributed by atoms with van der Waals surface area (Å²) in [4.78, 5) is 20.6. The number of phenols is 1. The third-order valence-corrected chi connectivity index (χ3v) is 4.51. The Morgan fingerprint density at radius 1 is 1.00 bits per heavy atom. The van der Waals surface area contributed by atoms with Gasteiger partial charge >= 0.3 is 0 Å². The molecule has 3 aromatic rings. The second kappa shape index (κ2) is 7.64. The van der Waals surface area contributed by atoms with Gasteiger partial charge in [-0.15, -0.1) is 0 Å². The first kappa shape index (κ1) is 19.3. The van der Waals surface area contributed by atoms with Crippen LogP contribution in [0.15, 0.2) is 30.3 Å². The highest BCUT2D eigenvalue weighted by molar-refractivity contribution is 6.09. The van der Waals surface area contributed by atoms with E-state index in [1.807, 2.05) is 13.0 Å². The van der Waals surface area contributed by atoms with Crippen molar-refractivity contribution in [3.8, 4) is 34.4 Å². The number of ketones is 1. The molecule has 0 aliphatic heterocycles. The number of hydrogen-bond donors (Lipinski definition) is 2. The third-order valence-electron chi connectivity index (χ3n) is 4.51. The molecule has 0 aliphatic carbocycles. The minimum Gasteiger partial charge on any atom is -0.508 e. The van der Waals surface area contributed by atoms with Crippen LogP contribution < -0.4 is 14.2 Å². The summed E-state index contributed by atoms with van der Waals surface area (Å²) in [5, 5.41) is 9.94. The Morgan fingerprint density at radius 2 is 1.64 bits per heavy atom. The largest absolute Gasteiger partial charge is 0.508 e. The number of aromatic amines is 1. The van der Waals surface area contributed by atoms with Gasteiger partial charge in [-0.05, 0) is 37.6 Å². The number of imidazole rings is 1.